The Kier molecular flexibility index (Phi) is 6.57. The van der Waals surface area contributed by atoms with E-state index >= 15 is 0 Å². The third-order valence-corrected chi connectivity index (χ3v) is 6.09. The quantitative estimate of drug-likeness (QED) is 0.744. The van der Waals surface area contributed by atoms with Crippen molar-refractivity contribution < 1.29 is 9.47 Å². The second kappa shape index (κ2) is 8.91. The molecule has 0 aliphatic carbocycles. The van der Waals surface area contributed by atoms with Crippen LogP contribution in [-0.2, 0) is 6.42 Å². The van der Waals surface area contributed by atoms with E-state index in [0.29, 0.717) is 0 Å². The standard InChI is InChI=1S/C20H27N3O2S2/c1-22(2)10-8-21-20(26)23-9-7-14-12-16(24-3)17(25-4)13-15(14)19(23)18-6-5-11-27-18/h5-6,11-13,19H,7-10H2,1-4H3,(H,21,26)/t19-/m0/s1. The average molecular weight is 406 g/mol. The number of hydrogen-bond donors (Lipinski definition) is 1. The number of nitrogens with one attached hydrogen (secondary N) is 1. The van der Waals surface area contributed by atoms with Gasteiger partial charge in [0, 0.05) is 24.5 Å². The van der Waals surface area contributed by atoms with Gasteiger partial charge in [0.2, 0.25) is 0 Å². The Morgan fingerprint density at radius 1 is 1.30 bits per heavy atom. The van der Waals surface area contributed by atoms with Crippen molar-refractivity contribution >= 4 is 28.7 Å². The molecular formula is C20H27N3O2S2. The molecule has 146 valence electrons. The summed E-state index contributed by atoms with van der Waals surface area (Å²) in [5.74, 6) is 1.53. The number of thiocarbonyl (C=S) groups is 1. The van der Waals surface area contributed by atoms with Crippen molar-refractivity contribution in [2.75, 3.05) is 47.9 Å². The van der Waals surface area contributed by atoms with E-state index < -0.39 is 0 Å². The van der Waals surface area contributed by atoms with Crippen molar-refractivity contribution in [3.05, 3.63) is 45.6 Å². The van der Waals surface area contributed by atoms with Gasteiger partial charge in [0.25, 0.3) is 0 Å². The van der Waals surface area contributed by atoms with Crippen molar-refractivity contribution in [3.8, 4) is 11.5 Å². The lowest BCUT2D eigenvalue weighted by Crippen LogP contribution is -2.47. The van der Waals surface area contributed by atoms with Crippen LogP contribution in [0.5, 0.6) is 11.5 Å². The number of likely N-dealkylation sites (N-methyl/N-ethyl adjacent to an activating group) is 1. The summed E-state index contributed by atoms with van der Waals surface area (Å²) < 4.78 is 11.1. The van der Waals surface area contributed by atoms with E-state index in [9.17, 15) is 0 Å². The normalized spacial score (nSPS) is 16.2. The summed E-state index contributed by atoms with van der Waals surface area (Å²) in [7, 11) is 7.49. The zero-order chi connectivity index (χ0) is 19.4. The predicted molar refractivity (Wildman–Crippen MR) is 115 cm³/mol. The lowest BCUT2D eigenvalue weighted by molar-refractivity contribution is 0.324. The number of benzene rings is 1. The van der Waals surface area contributed by atoms with E-state index in [4.69, 9.17) is 21.7 Å². The molecule has 2 aromatic rings. The minimum absolute atomic E-state index is 0.0907. The van der Waals surface area contributed by atoms with Gasteiger partial charge in [-0.1, -0.05) is 6.07 Å². The van der Waals surface area contributed by atoms with E-state index in [1.165, 1.54) is 16.0 Å². The number of hydrogen-bond acceptors (Lipinski definition) is 5. The monoisotopic (exact) mass is 405 g/mol. The van der Waals surface area contributed by atoms with Crippen LogP contribution in [0.25, 0.3) is 0 Å². The van der Waals surface area contributed by atoms with Gasteiger partial charge in [-0.2, -0.15) is 0 Å². The third kappa shape index (κ3) is 4.36. The van der Waals surface area contributed by atoms with E-state index in [0.717, 1.165) is 42.7 Å². The smallest absolute Gasteiger partial charge is 0.169 e. The number of nitrogens with zero attached hydrogens (tertiary/aromatic N) is 2. The van der Waals surface area contributed by atoms with Crippen LogP contribution in [-0.4, -0.2) is 62.9 Å². The molecule has 0 saturated carbocycles. The highest BCUT2D eigenvalue weighted by atomic mass is 32.1. The second-order valence-electron chi connectivity index (χ2n) is 6.80. The van der Waals surface area contributed by atoms with Gasteiger partial charge >= 0.3 is 0 Å². The topological polar surface area (TPSA) is 37.0 Å². The average Bonchev–Trinajstić information content (AvgIpc) is 3.19. The summed E-state index contributed by atoms with van der Waals surface area (Å²) in [6, 6.07) is 8.57. The lowest BCUT2D eigenvalue weighted by Gasteiger charge is -2.39. The van der Waals surface area contributed by atoms with Crippen LogP contribution in [0.1, 0.15) is 22.0 Å². The Bertz CT molecular complexity index is 778. The molecule has 0 spiro atoms. The number of ether oxygens (including phenoxy) is 2. The second-order valence-corrected chi connectivity index (χ2v) is 8.17. The maximum absolute atomic E-state index is 5.76. The number of thiophene rings is 1. The summed E-state index contributed by atoms with van der Waals surface area (Å²) in [6.07, 6.45) is 0.924. The Morgan fingerprint density at radius 3 is 2.67 bits per heavy atom. The Balaban J connectivity index is 1.94. The lowest BCUT2D eigenvalue weighted by atomic mass is 9.91. The van der Waals surface area contributed by atoms with E-state index in [2.05, 4.69) is 58.9 Å². The molecular weight excluding hydrogens is 378 g/mol. The van der Waals surface area contributed by atoms with Gasteiger partial charge in [-0.3, -0.25) is 0 Å². The van der Waals surface area contributed by atoms with Crippen LogP contribution < -0.4 is 14.8 Å². The minimum Gasteiger partial charge on any atom is -0.493 e. The molecule has 7 heteroatoms. The molecule has 1 aromatic heterocycles. The van der Waals surface area contributed by atoms with Crippen LogP contribution >= 0.6 is 23.6 Å². The fourth-order valence-corrected chi connectivity index (χ4v) is 4.56. The highest BCUT2D eigenvalue weighted by Crippen LogP contribution is 2.42. The SMILES string of the molecule is COc1cc2c(cc1OC)[C@@H](c1cccs1)N(C(=S)NCCN(C)C)CC2. The molecule has 1 aliphatic rings. The molecule has 0 unspecified atom stereocenters. The summed E-state index contributed by atoms with van der Waals surface area (Å²) in [5, 5.41) is 6.34. The highest BCUT2D eigenvalue weighted by molar-refractivity contribution is 7.80. The molecule has 1 aromatic carbocycles. The van der Waals surface area contributed by atoms with Gasteiger partial charge in [0.1, 0.15) is 0 Å². The number of fused-ring (bicyclic) bond motifs is 1. The molecule has 5 nitrogen and oxygen atoms in total. The molecule has 1 aliphatic heterocycles. The summed E-state index contributed by atoms with van der Waals surface area (Å²) in [5.41, 5.74) is 2.52. The zero-order valence-electron chi connectivity index (χ0n) is 16.3. The molecule has 0 saturated heterocycles. The zero-order valence-corrected chi connectivity index (χ0v) is 18.0. The summed E-state index contributed by atoms with van der Waals surface area (Å²) >= 11 is 7.52. The van der Waals surface area contributed by atoms with Gasteiger partial charge in [-0.05, 0) is 67.4 Å². The Morgan fingerprint density at radius 2 is 2.04 bits per heavy atom. The van der Waals surface area contributed by atoms with E-state index in [1.54, 1.807) is 25.6 Å². The fourth-order valence-electron chi connectivity index (χ4n) is 3.41. The van der Waals surface area contributed by atoms with Gasteiger partial charge in [0.05, 0.1) is 20.3 Å². The largest absolute Gasteiger partial charge is 0.493 e. The summed E-state index contributed by atoms with van der Waals surface area (Å²) in [4.78, 5) is 5.72. The van der Waals surface area contributed by atoms with Crippen LogP contribution in [0.2, 0.25) is 0 Å². The first-order valence-electron chi connectivity index (χ1n) is 9.02. The molecule has 0 radical (unpaired) electrons. The van der Waals surface area contributed by atoms with E-state index in [-0.39, 0.29) is 6.04 Å². The Hall–Kier alpha value is -1.83. The first-order chi connectivity index (χ1) is 13.0. The molecule has 0 amide bonds. The van der Waals surface area contributed by atoms with Crippen molar-refractivity contribution in [2.24, 2.45) is 0 Å². The highest BCUT2D eigenvalue weighted by Gasteiger charge is 2.32. The molecule has 2 heterocycles. The van der Waals surface area contributed by atoms with Gasteiger partial charge in [-0.15, -0.1) is 11.3 Å². The molecule has 3 rings (SSSR count). The number of rotatable bonds is 6. The van der Waals surface area contributed by atoms with Gasteiger partial charge < -0.3 is 24.6 Å². The molecule has 1 N–H and O–H groups in total. The van der Waals surface area contributed by atoms with Crippen LogP contribution in [0.4, 0.5) is 0 Å². The third-order valence-electron chi connectivity index (χ3n) is 4.78. The van der Waals surface area contributed by atoms with Crippen molar-refractivity contribution in [1.82, 2.24) is 15.1 Å². The molecule has 1 atom stereocenters. The Labute approximate surface area is 170 Å². The van der Waals surface area contributed by atoms with Crippen LogP contribution in [0, 0.1) is 0 Å². The van der Waals surface area contributed by atoms with E-state index in [1.807, 2.05) is 0 Å². The summed E-state index contributed by atoms with van der Waals surface area (Å²) in [6.45, 7) is 2.65. The van der Waals surface area contributed by atoms with Crippen molar-refractivity contribution in [1.29, 1.82) is 0 Å². The van der Waals surface area contributed by atoms with Gasteiger partial charge in [-0.25, -0.2) is 0 Å². The van der Waals surface area contributed by atoms with Crippen LogP contribution in [0.15, 0.2) is 29.6 Å². The van der Waals surface area contributed by atoms with Crippen molar-refractivity contribution in [2.45, 2.75) is 12.5 Å². The molecule has 0 fully saturated rings. The first kappa shape index (κ1) is 19.9. The maximum Gasteiger partial charge on any atom is 0.169 e. The fraction of sp³-hybridized carbons (Fsp3) is 0.450. The van der Waals surface area contributed by atoms with Gasteiger partial charge in [0.15, 0.2) is 16.6 Å². The van der Waals surface area contributed by atoms with Crippen molar-refractivity contribution in [3.63, 3.8) is 0 Å². The van der Waals surface area contributed by atoms with Crippen LogP contribution in [0.3, 0.4) is 0 Å². The minimum atomic E-state index is 0.0907. The molecule has 27 heavy (non-hydrogen) atoms. The maximum atomic E-state index is 5.76. The molecule has 0 bridgehead atoms. The number of methoxy groups -OCH3 is 2. The predicted octanol–water partition coefficient (Wildman–Crippen LogP) is 3.15. The first-order valence-corrected chi connectivity index (χ1v) is 10.3.